The topological polar surface area (TPSA) is 136 Å². The van der Waals surface area contributed by atoms with E-state index in [1.54, 1.807) is 0 Å². The Morgan fingerprint density at radius 2 is 1.44 bits per heavy atom. The third-order valence-corrected chi connectivity index (χ3v) is 7.47. The molecule has 0 aliphatic carbocycles. The summed E-state index contributed by atoms with van der Waals surface area (Å²) in [6, 6.07) is 0. The second-order valence-electron chi connectivity index (χ2n) is 6.47. The first-order valence-electron chi connectivity index (χ1n) is 8.61. The molecule has 0 aromatic rings. The number of nitrogens with one attached hydrogen (secondary N) is 1. The average Bonchev–Trinajstić information content (AvgIpc) is 2.89. The minimum atomic E-state index is -3.31. The lowest BCUT2D eigenvalue weighted by Gasteiger charge is -2.16. The van der Waals surface area contributed by atoms with E-state index < -0.39 is 20.0 Å². The first-order chi connectivity index (χ1) is 11.1. The van der Waals surface area contributed by atoms with E-state index >= 15 is 0 Å². The standard InChI is InChI=1S/C8H18N2O2S.C6H14N2O2S.ClH/c1-2-10-6-3-4-8(5-7-10)13(9,11)12;7-11(9,10)6-2-1-4-8-5-3-6;/h8H,2-7H2,1H3,(H2,9,11,12);6,8H,1-5H2,(H2,7,9,10);1H. The Balaban J connectivity index is 0.000000449. The largest absolute Gasteiger partial charge is 0.317 e. The fourth-order valence-corrected chi connectivity index (χ4v) is 4.96. The van der Waals surface area contributed by atoms with Crippen molar-refractivity contribution in [1.82, 2.24) is 10.2 Å². The molecule has 0 saturated carbocycles. The molecule has 152 valence electrons. The van der Waals surface area contributed by atoms with Gasteiger partial charge in [-0.25, -0.2) is 27.1 Å². The van der Waals surface area contributed by atoms with Crippen molar-refractivity contribution in [1.29, 1.82) is 0 Å². The van der Waals surface area contributed by atoms with Crippen molar-refractivity contribution >= 4 is 32.5 Å². The molecule has 2 heterocycles. The summed E-state index contributed by atoms with van der Waals surface area (Å²) < 4.78 is 44.0. The number of halogens is 1. The van der Waals surface area contributed by atoms with Crippen LogP contribution in [-0.4, -0.2) is 65.0 Å². The Hall–Kier alpha value is 0.0300. The lowest BCUT2D eigenvalue weighted by molar-refractivity contribution is 0.301. The number of sulfonamides is 2. The summed E-state index contributed by atoms with van der Waals surface area (Å²) in [5, 5.41) is 12.6. The number of rotatable bonds is 3. The molecule has 2 saturated heterocycles. The molecule has 0 radical (unpaired) electrons. The summed E-state index contributed by atoms with van der Waals surface area (Å²) in [4.78, 5) is 2.27. The maximum atomic E-state index is 11.1. The van der Waals surface area contributed by atoms with Gasteiger partial charge in [-0.15, -0.1) is 12.4 Å². The molecule has 2 aliphatic rings. The minimum absolute atomic E-state index is 0. The fraction of sp³-hybridized carbons (Fsp3) is 1.00. The zero-order valence-electron chi connectivity index (χ0n) is 14.9. The van der Waals surface area contributed by atoms with Crippen molar-refractivity contribution in [3.8, 4) is 0 Å². The fourth-order valence-electron chi connectivity index (χ4n) is 3.09. The number of nitrogens with two attached hydrogens (primary N) is 2. The van der Waals surface area contributed by atoms with Gasteiger partial charge in [0.25, 0.3) is 0 Å². The second kappa shape index (κ2) is 11.7. The molecule has 2 unspecified atom stereocenters. The van der Waals surface area contributed by atoms with E-state index in [2.05, 4.69) is 17.1 Å². The molecule has 25 heavy (non-hydrogen) atoms. The summed E-state index contributed by atoms with van der Waals surface area (Å²) >= 11 is 0. The maximum absolute atomic E-state index is 11.1. The van der Waals surface area contributed by atoms with Gasteiger partial charge in [0.1, 0.15) is 0 Å². The van der Waals surface area contributed by atoms with Crippen molar-refractivity contribution in [3.05, 3.63) is 0 Å². The van der Waals surface area contributed by atoms with E-state index in [0.717, 1.165) is 52.0 Å². The van der Waals surface area contributed by atoms with Crippen LogP contribution in [0.2, 0.25) is 0 Å². The zero-order chi connectivity index (χ0) is 18.2. The molecule has 0 aromatic heterocycles. The van der Waals surface area contributed by atoms with Crippen molar-refractivity contribution < 1.29 is 16.8 Å². The SMILES string of the molecule is CCN1CCCC(S(N)(=O)=O)CC1.Cl.NS(=O)(=O)C1CCCNCC1. The number of hydrogen-bond acceptors (Lipinski definition) is 6. The van der Waals surface area contributed by atoms with Crippen LogP contribution in [0.25, 0.3) is 0 Å². The molecule has 8 nitrogen and oxygen atoms in total. The van der Waals surface area contributed by atoms with Crippen LogP contribution in [0.4, 0.5) is 0 Å². The Morgan fingerprint density at radius 1 is 0.880 bits per heavy atom. The van der Waals surface area contributed by atoms with Crippen molar-refractivity contribution in [3.63, 3.8) is 0 Å². The number of nitrogens with zero attached hydrogens (tertiary/aromatic N) is 1. The molecule has 0 spiro atoms. The number of likely N-dealkylation sites (tertiary alicyclic amines) is 1. The molecular weight excluding hydrogens is 388 g/mol. The highest BCUT2D eigenvalue weighted by Gasteiger charge is 2.24. The summed E-state index contributed by atoms with van der Waals surface area (Å²) in [5.41, 5.74) is 0. The predicted octanol–water partition coefficient (Wildman–Crippen LogP) is -0.0119. The van der Waals surface area contributed by atoms with Crippen LogP contribution in [0.3, 0.4) is 0 Å². The molecule has 2 atom stereocenters. The third kappa shape index (κ3) is 10.1. The van der Waals surface area contributed by atoms with Gasteiger partial charge in [0.2, 0.25) is 20.0 Å². The molecule has 0 aromatic carbocycles. The summed E-state index contributed by atoms with van der Waals surface area (Å²) in [7, 11) is -6.60. The van der Waals surface area contributed by atoms with Crippen LogP contribution in [0.5, 0.6) is 0 Å². The van der Waals surface area contributed by atoms with E-state index in [4.69, 9.17) is 10.3 Å². The monoisotopic (exact) mass is 420 g/mol. The maximum Gasteiger partial charge on any atom is 0.212 e. The molecule has 2 fully saturated rings. The highest BCUT2D eigenvalue weighted by atomic mass is 35.5. The Labute approximate surface area is 158 Å². The van der Waals surface area contributed by atoms with Gasteiger partial charge in [0.05, 0.1) is 10.5 Å². The molecular formula is C14H33ClN4O4S2. The van der Waals surface area contributed by atoms with Crippen molar-refractivity contribution in [2.45, 2.75) is 55.9 Å². The van der Waals surface area contributed by atoms with Crippen LogP contribution in [0.1, 0.15) is 45.4 Å². The predicted molar refractivity (Wildman–Crippen MR) is 104 cm³/mol. The smallest absolute Gasteiger partial charge is 0.212 e. The lowest BCUT2D eigenvalue weighted by Crippen LogP contribution is -2.30. The van der Waals surface area contributed by atoms with Gasteiger partial charge in [-0.3, -0.25) is 0 Å². The summed E-state index contributed by atoms with van der Waals surface area (Å²) in [6.07, 6.45) is 4.60. The Morgan fingerprint density at radius 3 is 2.00 bits per heavy atom. The zero-order valence-corrected chi connectivity index (χ0v) is 17.3. The first kappa shape index (κ1) is 25.0. The van der Waals surface area contributed by atoms with E-state index in [-0.39, 0.29) is 22.9 Å². The van der Waals surface area contributed by atoms with E-state index in [1.807, 2.05) is 0 Å². The van der Waals surface area contributed by atoms with Crippen molar-refractivity contribution in [2.75, 3.05) is 32.7 Å². The first-order valence-corrected chi connectivity index (χ1v) is 11.8. The lowest BCUT2D eigenvalue weighted by atomic mass is 10.2. The summed E-state index contributed by atoms with van der Waals surface area (Å²) in [6.45, 7) is 6.63. The van der Waals surface area contributed by atoms with Gasteiger partial charge < -0.3 is 10.2 Å². The van der Waals surface area contributed by atoms with E-state index in [9.17, 15) is 16.8 Å². The van der Waals surface area contributed by atoms with Gasteiger partial charge >= 0.3 is 0 Å². The minimum Gasteiger partial charge on any atom is -0.317 e. The molecule has 2 aliphatic heterocycles. The highest BCUT2D eigenvalue weighted by molar-refractivity contribution is 7.90. The van der Waals surface area contributed by atoms with Gasteiger partial charge in [0, 0.05) is 0 Å². The second-order valence-corrected chi connectivity index (χ2v) is 10.2. The van der Waals surface area contributed by atoms with Gasteiger partial charge in [-0.1, -0.05) is 6.92 Å². The van der Waals surface area contributed by atoms with Crippen LogP contribution in [-0.2, 0) is 20.0 Å². The Bertz CT molecular complexity index is 563. The van der Waals surface area contributed by atoms with Crippen LogP contribution >= 0.6 is 12.4 Å². The van der Waals surface area contributed by atoms with Crippen LogP contribution in [0.15, 0.2) is 0 Å². The van der Waals surface area contributed by atoms with Crippen molar-refractivity contribution in [2.24, 2.45) is 10.3 Å². The number of primary sulfonamides is 2. The van der Waals surface area contributed by atoms with Gasteiger partial charge in [-0.2, -0.15) is 0 Å². The quantitative estimate of drug-likeness (QED) is 0.587. The number of hydrogen-bond donors (Lipinski definition) is 3. The molecule has 0 bridgehead atoms. The van der Waals surface area contributed by atoms with E-state index in [0.29, 0.717) is 19.3 Å². The third-order valence-electron chi connectivity index (χ3n) is 4.67. The van der Waals surface area contributed by atoms with Gasteiger partial charge in [-0.05, 0) is 71.2 Å². The molecule has 11 heteroatoms. The van der Waals surface area contributed by atoms with Crippen LogP contribution < -0.4 is 15.6 Å². The molecule has 0 amide bonds. The normalized spacial score (nSPS) is 26.4. The van der Waals surface area contributed by atoms with Crippen LogP contribution in [0, 0.1) is 0 Å². The Kier molecular flexibility index (Phi) is 11.7. The van der Waals surface area contributed by atoms with Gasteiger partial charge in [0.15, 0.2) is 0 Å². The average molecular weight is 421 g/mol. The highest BCUT2D eigenvalue weighted by Crippen LogP contribution is 2.15. The molecule has 2 rings (SSSR count). The summed E-state index contributed by atoms with van der Waals surface area (Å²) in [5.74, 6) is 0. The molecule has 5 N–H and O–H groups in total. The van der Waals surface area contributed by atoms with E-state index in [1.165, 1.54) is 0 Å².